The monoisotopic (exact) mass is 559 g/mol. The van der Waals surface area contributed by atoms with E-state index in [2.05, 4.69) is 84.6 Å². The van der Waals surface area contributed by atoms with E-state index in [1.165, 1.54) is 16.7 Å². The maximum absolute atomic E-state index is 11.1. The summed E-state index contributed by atoms with van der Waals surface area (Å²) in [5, 5.41) is 9.11. The average molecular weight is 560 g/mol. The number of halogens is 1. The first-order chi connectivity index (χ1) is 19.0. The molecule has 0 saturated carbocycles. The van der Waals surface area contributed by atoms with E-state index < -0.39 is 5.97 Å². The molecule has 210 valence electrons. The van der Waals surface area contributed by atoms with Gasteiger partial charge in [-0.1, -0.05) is 91.9 Å². The number of hydrogen-bond acceptors (Lipinski definition) is 4. The van der Waals surface area contributed by atoms with Gasteiger partial charge in [0.05, 0.1) is 20.1 Å². The second-order valence-corrected chi connectivity index (χ2v) is 10.1. The number of aliphatic carboxylic acids is 1. The smallest absolute Gasteiger partial charge is 0.307 e. The maximum atomic E-state index is 11.1. The highest BCUT2D eigenvalue weighted by Gasteiger charge is 2.20. The lowest BCUT2D eigenvalue weighted by atomic mass is 9.90. The van der Waals surface area contributed by atoms with Gasteiger partial charge in [0.15, 0.2) is 0 Å². The Morgan fingerprint density at radius 2 is 1.40 bits per heavy atom. The zero-order valence-corrected chi connectivity index (χ0v) is 23.9. The Morgan fingerprint density at radius 3 is 1.98 bits per heavy atom. The quantitative estimate of drug-likeness (QED) is 0.179. The molecule has 0 aliphatic rings. The zero-order valence-electron chi connectivity index (χ0n) is 23.1. The highest BCUT2D eigenvalue weighted by atomic mass is 35.5. The molecule has 4 aromatic carbocycles. The molecule has 5 nitrogen and oxygen atoms in total. The van der Waals surface area contributed by atoms with Crippen LogP contribution in [0.2, 0.25) is 0 Å². The van der Waals surface area contributed by atoms with Gasteiger partial charge in [-0.05, 0) is 46.5 Å². The molecule has 1 atom stereocenters. The molecule has 6 heteroatoms. The Bertz CT molecular complexity index is 1260. The predicted octanol–water partition coefficient (Wildman–Crippen LogP) is 7.09. The van der Waals surface area contributed by atoms with Gasteiger partial charge in [0.2, 0.25) is 0 Å². The molecule has 0 spiro atoms. The normalized spacial score (nSPS) is 11.6. The molecule has 0 saturated heterocycles. The Balaban J connectivity index is 0.00000441. The molecule has 1 N–H and O–H groups in total. The van der Waals surface area contributed by atoms with Crippen LogP contribution in [0.25, 0.3) is 0 Å². The van der Waals surface area contributed by atoms with Gasteiger partial charge >= 0.3 is 5.97 Å². The molecule has 0 aromatic heterocycles. The van der Waals surface area contributed by atoms with Crippen molar-refractivity contribution in [2.24, 2.45) is 5.92 Å². The van der Waals surface area contributed by atoms with Crippen molar-refractivity contribution in [1.82, 2.24) is 4.90 Å². The molecule has 0 amide bonds. The lowest BCUT2D eigenvalue weighted by Crippen LogP contribution is -2.34. The largest absolute Gasteiger partial charge is 0.497 e. The van der Waals surface area contributed by atoms with Crippen LogP contribution in [0.3, 0.4) is 0 Å². The number of ether oxygens (including phenoxy) is 2. The fourth-order valence-electron chi connectivity index (χ4n) is 4.88. The third-order valence-electron chi connectivity index (χ3n) is 6.77. The van der Waals surface area contributed by atoms with Gasteiger partial charge in [0.1, 0.15) is 11.5 Å². The van der Waals surface area contributed by atoms with E-state index in [1.54, 1.807) is 7.11 Å². The predicted molar refractivity (Wildman–Crippen MR) is 163 cm³/mol. The first kappa shape index (κ1) is 30.7. The highest BCUT2D eigenvalue weighted by molar-refractivity contribution is 5.85. The summed E-state index contributed by atoms with van der Waals surface area (Å²) < 4.78 is 11.5. The Kier molecular flexibility index (Phi) is 12.1. The van der Waals surface area contributed by atoms with Gasteiger partial charge in [0, 0.05) is 31.5 Å². The van der Waals surface area contributed by atoms with Crippen molar-refractivity contribution in [1.29, 1.82) is 0 Å². The maximum Gasteiger partial charge on any atom is 0.307 e. The van der Waals surface area contributed by atoms with Crippen LogP contribution in [0.4, 0.5) is 0 Å². The molecule has 0 aliphatic carbocycles. The lowest BCUT2D eigenvalue weighted by Gasteiger charge is -2.30. The molecule has 40 heavy (non-hydrogen) atoms. The van der Waals surface area contributed by atoms with Crippen molar-refractivity contribution in [3.8, 4) is 11.5 Å². The highest BCUT2D eigenvalue weighted by Crippen LogP contribution is 2.27. The van der Waals surface area contributed by atoms with Gasteiger partial charge in [-0.15, -0.1) is 12.4 Å². The number of carboxylic acids is 1. The number of nitrogens with zero attached hydrogens (tertiary/aromatic N) is 1. The van der Waals surface area contributed by atoms with Gasteiger partial charge < -0.3 is 14.6 Å². The van der Waals surface area contributed by atoms with Gasteiger partial charge in [-0.3, -0.25) is 9.69 Å². The molecule has 1 unspecified atom stereocenters. The Morgan fingerprint density at radius 1 is 0.775 bits per heavy atom. The Hall–Kier alpha value is -3.80. The van der Waals surface area contributed by atoms with Gasteiger partial charge in [0.25, 0.3) is 0 Å². The number of rotatable bonds is 14. The van der Waals surface area contributed by atoms with Crippen molar-refractivity contribution in [2.45, 2.75) is 25.8 Å². The van der Waals surface area contributed by atoms with E-state index in [1.807, 2.05) is 36.4 Å². The molecule has 4 aromatic rings. The molecule has 0 aliphatic heterocycles. The van der Waals surface area contributed by atoms with Crippen LogP contribution < -0.4 is 9.47 Å². The zero-order chi connectivity index (χ0) is 27.5. The number of hydrogen-bond donors (Lipinski definition) is 1. The summed E-state index contributed by atoms with van der Waals surface area (Å²) in [4.78, 5) is 13.6. The van der Waals surface area contributed by atoms with E-state index in [-0.39, 0.29) is 30.7 Å². The second-order valence-electron chi connectivity index (χ2n) is 10.1. The first-order valence-corrected chi connectivity index (χ1v) is 13.4. The second kappa shape index (κ2) is 15.7. The molecule has 0 fully saturated rings. The molecule has 0 heterocycles. The third kappa shape index (κ3) is 9.44. The summed E-state index contributed by atoms with van der Waals surface area (Å²) in [5.41, 5.74) is 4.55. The number of methoxy groups -OCH3 is 1. The standard InChI is InChI=1S/C34H37NO4.ClH/c1-26(25-39-32-15-9-10-28(20-32)21-34(36)37)22-35(23-27-16-18-31(38-2)19-17-27)24-33(29-11-5-3-6-12-29)30-13-7-4-8-14-30;/h3-20,26,33H,21-25H2,1-2H3,(H,36,37);1H. The van der Waals surface area contributed by atoms with Crippen molar-refractivity contribution >= 4 is 18.4 Å². The molecular formula is C34H38ClNO4. The summed E-state index contributed by atoms with van der Waals surface area (Å²) in [7, 11) is 1.69. The topological polar surface area (TPSA) is 59.0 Å². The number of carboxylic acid groups (broad SMARTS) is 1. The summed E-state index contributed by atoms with van der Waals surface area (Å²) in [6.07, 6.45) is -0.0112. The minimum absolute atomic E-state index is 0. The fourth-order valence-corrected chi connectivity index (χ4v) is 4.88. The van der Waals surface area contributed by atoms with E-state index >= 15 is 0 Å². The first-order valence-electron chi connectivity index (χ1n) is 13.4. The van der Waals surface area contributed by atoms with Crippen LogP contribution in [0, 0.1) is 5.92 Å². The van der Waals surface area contributed by atoms with Crippen molar-refractivity contribution < 1.29 is 19.4 Å². The summed E-state index contributed by atoms with van der Waals surface area (Å²) in [6, 6.07) is 37.0. The van der Waals surface area contributed by atoms with Crippen LogP contribution in [0.15, 0.2) is 109 Å². The van der Waals surface area contributed by atoms with Crippen molar-refractivity contribution in [3.63, 3.8) is 0 Å². The molecule has 0 radical (unpaired) electrons. The average Bonchev–Trinajstić information content (AvgIpc) is 2.96. The van der Waals surface area contributed by atoms with Crippen LogP contribution in [0.1, 0.15) is 35.1 Å². The van der Waals surface area contributed by atoms with Gasteiger partial charge in [-0.25, -0.2) is 0 Å². The number of carbonyl (C=O) groups is 1. The Labute approximate surface area is 243 Å². The fraction of sp³-hybridized carbons (Fsp3) is 0.265. The van der Waals surface area contributed by atoms with Gasteiger partial charge in [-0.2, -0.15) is 0 Å². The van der Waals surface area contributed by atoms with Crippen LogP contribution in [-0.4, -0.2) is 42.8 Å². The molecular weight excluding hydrogens is 522 g/mol. The van der Waals surface area contributed by atoms with E-state index in [0.717, 1.165) is 30.9 Å². The third-order valence-corrected chi connectivity index (χ3v) is 6.77. The number of benzene rings is 4. The van der Waals surface area contributed by atoms with E-state index in [0.29, 0.717) is 12.4 Å². The van der Waals surface area contributed by atoms with Crippen LogP contribution in [0.5, 0.6) is 11.5 Å². The molecule has 4 rings (SSSR count). The summed E-state index contributed by atoms with van der Waals surface area (Å²) in [6.45, 7) is 5.24. The van der Waals surface area contributed by atoms with Crippen LogP contribution in [-0.2, 0) is 17.8 Å². The SMILES string of the molecule is COc1ccc(CN(CC(C)COc2cccc(CC(=O)O)c2)CC(c2ccccc2)c2ccccc2)cc1.Cl. The van der Waals surface area contributed by atoms with E-state index in [4.69, 9.17) is 14.6 Å². The van der Waals surface area contributed by atoms with Crippen LogP contribution >= 0.6 is 12.4 Å². The minimum atomic E-state index is -0.846. The lowest BCUT2D eigenvalue weighted by molar-refractivity contribution is -0.136. The van der Waals surface area contributed by atoms with E-state index in [9.17, 15) is 4.79 Å². The summed E-state index contributed by atoms with van der Waals surface area (Å²) >= 11 is 0. The molecule has 0 bridgehead atoms. The van der Waals surface area contributed by atoms with Crippen molar-refractivity contribution in [2.75, 3.05) is 26.8 Å². The minimum Gasteiger partial charge on any atom is -0.497 e. The van der Waals surface area contributed by atoms with Crippen molar-refractivity contribution in [3.05, 3.63) is 131 Å². The summed E-state index contributed by atoms with van der Waals surface area (Å²) in [5.74, 6) is 1.18.